The number of hydrogen-bond donors (Lipinski definition) is 0. The van der Waals surface area contributed by atoms with Gasteiger partial charge in [-0.1, -0.05) is 72.8 Å². The van der Waals surface area contributed by atoms with E-state index in [4.69, 9.17) is 0 Å². The molecule has 206 valence electrons. The third kappa shape index (κ3) is 6.11. The summed E-state index contributed by atoms with van der Waals surface area (Å²) in [6, 6.07) is 31.9. The summed E-state index contributed by atoms with van der Waals surface area (Å²) in [5.41, 5.74) is 6.18. The Labute approximate surface area is 244 Å². The monoisotopic (exact) mass is 560 g/mol. The van der Waals surface area contributed by atoms with Crippen LogP contribution < -0.4 is 10.5 Å². The summed E-state index contributed by atoms with van der Waals surface area (Å²) < 4.78 is 1.57. The van der Waals surface area contributed by atoms with Crippen molar-refractivity contribution in [2.75, 3.05) is 31.1 Å². The second-order valence-corrected chi connectivity index (χ2v) is 11.4. The van der Waals surface area contributed by atoms with Crippen LogP contribution in [-0.2, 0) is 12.3 Å². The van der Waals surface area contributed by atoms with Gasteiger partial charge < -0.3 is 4.90 Å². The lowest BCUT2D eigenvalue weighted by Crippen LogP contribution is -2.45. The fourth-order valence-corrected chi connectivity index (χ4v) is 6.15. The molecule has 0 spiro atoms. The van der Waals surface area contributed by atoms with E-state index in [-0.39, 0.29) is 11.3 Å². The topological polar surface area (TPSA) is 57.9 Å². The van der Waals surface area contributed by atoms with E-state index >= 15 is 0 Å². The SMILES string of the molecule is Cc1c(SCc2ccc(C(=O)c3ccc(CN4CCN(c5ccccc5)CC4)cc3)cc2)nc2ccccn2c1=O. The number of carbonyl (C=O) groups is 1. The molecule has 0 bridgehead atoms. The van der Waals surface area contributed by atoms with Crippen LogP contribution in [0.15, 0.2) is 113 Å². The summed E-state index contributed by atoms with van der Waals surface area (Å²) in [6.07, 6.45) is 1.74. The molecule has 0 atom stereocenters. The van der Waals surface area contributed by atoms with Gasteiger partial charge in [-0.25, -0.2) is 4.98 Å². The Bertz CT molecular complexity index is 1710. The van der Waals surface area contributed by atoms with E-state index in [0.29, 0.717) is 28.1 Å². The molecule has 1 aliphatic heterocycles. The molecule has 2 aromatic heterocycles. The Morgan fingerprint density at radius 2 is 1.41 bits per heavy atom. The highest BCUT2D eigenvalue weighted by molar-refractivity contribution is 7.98. The van der Waals surface area contributed by atoms with E-state index in [1.165, 1.54) is 23.0 Å². The first kappa shape index (κ1) is 27.0. The zero-order valence-corrected chi connectivity index (χ0v) is 23.9. The molecule has 0 aliphatic carbocycles. The summed E-state index contributed by atoms with van der Waals surface area (Å²) in [4.78, 5) is 35.4. The smallest absolute Gasteiger partial charge is 0.261 e. The first-order valence-corrected chi connectivity index (χ1v) is 14.9. The van der Waals surface area contributed by atoms with Crippen LogP contribution in [0.3, 0.4) is 0 Å². The highest BCUT2D eigenvalue weighted by atomic mass is 32.2. The minimum atomic E-state index is -0.0457. The predicted molar refractivity (Wildman–Crippen MR) is 166 cm³/mol. The van der Waals surface area contributed by atoms with Gasteiger partial charge in [0.15, 0.2) is 5.78 Å². The summed E-state index contributed by atoms with van der Waals surface area (Å²) in [6.45, 7) is 6.79. The largest absolute Gasteiger partial charge is 0.369 e. The Kier molecular flexibility index (Phi) is 7.98. The number of thioether (sulfide) groups is 1. The molecular weight excluding hydrogens is 528 g/mol. The summed E-state index contributed by atoms with van der Waals surface area (Å²) in [5.74, 6) is 0.686. The van der Waals surface area contributed by atoms with E-state index in [9.17, 15) is 9.59 Å². The zero-order chi connectivity index (χ0) is 28.2. The van der Waals surface area contributed by atoms with Crippen molar-refractivity contribution < 1.29 is 4.79 Å². The predicted octanol–water partition coefficient (Wildman–Crippen LogP) is 5.85. The Balaban J connectivity index is 1.04. The number of pyridine rings is 1. The van der Waals surface area contributed by atoms with E-state index in [1.54, 1.807) is 10.6 Å². The zero-order valence-electron chi connectivity index (χ0n) is 23.1. The molecule has 5 aromatic rings. The maximum atomic E-state index is 13.1. The third-order valence-electron chi connectivity index (χ3n) is 7.62. The molecular formula is C34H32N4O2S. The lowest BCUT2D eigenvalue weighted by Gasteiger charge is -2.36. The van der Waals surface area contributed by atoms with E-state index < -0.39 is 0 Å². The molecule has 6 nitrogen and oxygen atoms in total. The lowest BCUT2D eigenvalue weighted by atomic mass is 10.0. The van der Waals surface area contributed by atoms with Crippen LogP contribution in [0, 0.1) is 6.92 Å². The van der Waals surface area contributed by atoms with Crippen molar-refractivity contribution in [3.63, 3.8) is 0 Å². The molecule has 0 unspecified atom stereocenters. The molecule has 0 radical (unpaired) electrons. The first-order chi connectivity index (χ1) is 20.0. The van der Waals surface area contributed by atoms with Gasteiger partial charge in [0.1, 0.15) is 10.7 Å². The molecule has 0 N–H and O–H groups in total. The Hall–Kier alpha value is -4.20. The number of hydrogen-bond acceptors (Lipinski definition) is 6. The van der Waals surface area contributed by atoms with Gasteiger partial charge in [0, 0.05) is 67.1 Å². The van der Waals surface area contributed by atoms with Crippen molar-refractivity contribution >= 4 is 28.9 Å². The molecule has 7 heteroatoms. The van der Waals surface area contributed by atoms with Crippen molar-refractivity contribution in [1.29, 1.82) is 0 Å². The van der Waals surface area contributed by atoms with Gasteiger partial charge in [-0.15, -0.1) is 11.8 Å². The molecule has 41 heavy (non-hydrogen) atoms. The fourth-order valence-electron chi connectivity index (χ4n) is 5.19. The van der Waals surface area contributed by atoms with Gasteiger partial charge in [-0.05, 0) is 42.3 Å². The number of ketones is 1. The Morgan fingerprint density at radius 3 is 2.10 bits per heavy atom. The number of fused-ring (bicyclic) bond motifs is 1. The van der Waals surface area contributed by atoms with Crippen LogP contribution in [0.1, 0.15) is 32.6 Å². The second kappa shape index (κ2) is 12.1. The number of benzene rings is 3. The fraction of sp³-hybridized carbons (Fsp3) is 0.206. The summed E-state index contributed by atoms with van der Waals surface area (Å²) >= 11 is 1.54. The molecule has 1 aliphatic rings. The minimum Gasteiger partial charge on any atom is -0.369 e. The van der Waals surface area contributed by atoms with Crippen molar-refractivity contribution in [3.05, 3.63) is 141 Å². The molecule has 1 fully saturated rings. The van der Waals surface area contributed by atoms with Gasteiger partial charge >= 0.3 is 0 Å². The average molecular weight is 561 g/mol. The third-order valence-corrected chi connectivity index (χ3v) is 8.77. The van der Waals surface area contributed by atoms with Crippen molar-refractivity contribution in [2.45, 2.75) is 24.2 Å². The van der Waals surface area contributed by atoms with Gasteiger partial charge in [0.05, 0.1) is 0 Å². The number of anilines is 1. The van der Waals surface area contributed by atoms with Crippen LogP contribution in [0.5, 0.6) is 0 Å². The normalized spacial score (nSPS) is 13.9. The highest BCUT2D eigenvalue weighted by Gasteiger charge is 2.18. The molecule has 6 rings (SSSR count). The standard InChI is InChI=1S/C34H32N4O2S/c1-25-33(35-31-9-5-6-18-38(31)34(25)40)41-24-27-12-16-29(17-13-27)32(39)28-14-10-26(11-15-28)23-36-19-21-37(22-20-36)30-7-3-2-4-8-30/h2-18H,19-24H2,1H3. The number of para-hydroxylation sites is 1. The maximum Gasteiger partial charge on any atom is 0.261 e. The summed E-state index contributed by atoms with van der Waals surface area (Å²) in [5, 5.41) is 0.736. The molecule has 3 aromatic carbocycles. The van der Waals surface area contributed by atoms with E-state index in [0.717, 1.165) is 43.3 Å². The maximum absolute atomic E-state index is 13.1. The minimum absolute atomic E-state index is 0.0206. The molecule has 1 saturated heterocycles. The van der Waals surface area contributed by atoms with E-state index in [1.807, 2.05) is 61.5 Å². The first-order valence-electron chi connectivity index (χ1n) is 13.9. The van der Waals surface area contributed by atoms with Crippen LogP contribution in [0.4, 0.5) is 5.69 Å². The van der Waals surface area contributed by atoms with Crippen molar-refractivity contribution in [1.82, 2.24) is 14.3 Å². The van der Waals surface area contributed by atoms with Crippen LogP contribution in [0.2, 0.25) is 0 Å². The van der Waals surface area contributed by atoms with Gasteiger partial charge in [0.25, 0.3) is 5.56 Å². The van der Waals surface area contributed by atoms with Crippen molar-refractivity contribution in [3.8, 4) is 0 Å². The molecule has 0 saturated carbocycles. The van der Waals surface area contributed by atoms with Crippen molar-refractivity contribution in [2.24, 2.45) is 0 Å². The number of nitrogens with zero attached hydrogens (tertiary/aromatic N) is 4. The molecule has 3 heterocycles. The second-order valence-electron chi connectivity index (χ2n) is 10.4. The number of piperazine rings is 1. The van der Waals surface area contributed by atoms with Gasteiger partial charge in [-0.3, -0.25) is 18.9 Å². The van der Waals surface area contributed by atoms with Gasteiger partial charge in [0.2, 0.25) is 0 Å². The van der Waals surface area contributed by atoms with Crippen LogP contribution in [0.25, 0.3) is 5.65 Å². The number of aromatic nitrogens is 2. The molecule has 0 amide bonds. The highest BCUT2D eigenvalue weighted by Crippen LogP contribution is 2.24. The lowest BCUT2D eigenvalue weighted by molar-refractivity contribution is 0.103. The Morgan fingerprint density at radius 1 is 0.780 bits per heavy atom. The summed E-state index contributed by atoms with van der Waals surface area (Å²) in [7, 11) is 0. The van der Waals surface area contributed by atoms with Crippen LogP contribution in [-0.4, -0.2) is 46.2 Å². The van der Waals surface area contributed by atoms with Gasteiger partial charge in [-0.2, -0.15) is 0 Å². The number of carbonyl (C=O) groups excluding carboxylic acids is 1. The quantitative estimate of drug-likeness (QED) is 0.135. The average Bonchev–Trinajstić information content (AvgIpc) is 3.03. The number of rotatable bonds is 8. The van der Waals surface area contributed by atoms with E-state index in [2.05, 4.69) is 57.2 Å². The van der Waals surface area contributed by atoms with Crippen LogP contribution >= 0.6 is 11.8 Å².